The van der Waals surface area contributed by atoms with E-state index in [1.807, 2.05) is 42.5 Å². The Kier molecular flexibility index (Phi) is 7.08. The summed E-state index contributed by atoms with van der Waals surface area (Å²) in [5.74, 6) is 1.17. The molecule has 5 rings (SSSR count). The summed E-state index contributed by atoms with van der Waals surface area (Å²) in [5, 5.41) is 3.56. The lowest BCUT2D eigenvalue weighted by Gasteiger charge is -2.36. The molecule has 0 unspecified atom stereocenters. The van der Waals surface area contributed by atoms with Crippen LogP contribution in [0.4, 0.5) is 11.4 Å². The Morgan fingerprint density at radius 1 is 0.789 bits per heavy atom. The first kappa shape index (κ1) is 25.0. The van der Waals surface area contributed by atoms with E-state index in [9.17, 15) is 9.59 Å². The Hall–Kier alpha value is -4.66. The summed E-state index contributed by atoms with van der Waals surface area (Å²) in [6, 6.07) is 20.0. The van der Waals surface area contributed by atoms with Gasteiger partial charge in [0.1, 0.15) is 17.0 Å². The molecule has 1 aliphatic heterocycles. The lowest BCUT2D eigenvalue weighted by atomic mass is 10.1. The van der Waals surface area contributed by atoms with Gasteiger partial charge in [-0.25, -0.2) is 0 Å². The van der Waals surface area contributed by atoms with Gasteiger partial charge in [0.2, 0.25) is 5.76 Å². The number of carbonyl (C=O) groups excluding carboxylic acids is 2. The number of rotatable bonds is 7. The number of nitrogens with zero attached hydrogens (tertiary/aromatic N) is 2. The highest BCUT2D eigenvalue weighted by Gasteiger charge is 2.30. The van der Waals surface area contributed by atoms with E-state index in [2.05, 4.69) is 10.2 Å². The SMILES string of the molecule is COc1ccc(C(=O)Nc2c(C(=O)N3CCN(c4ccccc4OC)CC3)oc3ccccc23)cc1OC. The minimum Gasteiger partial charge on any atom is -0.495 e. The van der Waals surface area contributed by atoms with Crippen molar-refractivity contribution in [2.45, 2.75) is 0 Å². The second-order valence-corrected chi connectivity index (χ2v) is 8.78. The van der Waals surface area contributed by atoms with Gasteiger partial charge in [0, 0.05) is 37.1 Å². The first-order valence-electron chi connectivity index (χ1n) is 12.3. The number of benzene rings is 3. The summed E-state index contributed by atoms with van der Waals surface area (Å²) in [6.45, 7) is 2.27. The normalized spacial score (nSPS) is 13.3. The van der Waals surface area contributed by atoms with Gasteiger partial charge in [0.15, 0.2) is 11.5 Å². The summed E-state index contributed by atoms with van der Waals surface area (Å²) < 4.78 is 22.1. The zero-order valence-corrected chi connectivity index (χ0v) is 21.5. The molecular formula is C29H29N3O6. The minimum absolute atomic E-state index is 0.103. The molecule has 1 saturated heterocycles. The van der Waals surface area contributed by atoms with Gasteiger partial charge < -0.3 is 33.7 Å². The Bertz CT molecular complexity index is 1470. The van der Waals surface area contributed by atoms with E-state index in [1.165, 1.54) is 14.2 Å². The molecule has 38 heavy (non-hydrogen) atoms. The van der Waals surface area contributed by atoms with Crippen molar-refractivity contribution in [1.29, 1.82) is 0 Å². The Morgan fingerprint density at radius 2 is 1.47 bits per heavy atom. The van der Waals surface area contributed by atoms with Crippen molar-refractivity contribution >= 4 is 34.2 Å². The van der Waals surface area contributed by atoms with Gasteiger partial charge in [-0.15, -0.1) is 0 Å². The van der Waals surface area contributed by atoms with E-state index in [0.29, 0.717) is 59.9 Å². The zero-order chi connectivity index (χ0) is 26.6. The fourth-order valence-corrected chi connectivity index (χ4v) is 4.67. The van der Waals surface area contributed by atoms with Gasteiger partial charge in [-0.05, 0) is 42.5 Å². The summed E-state index contributed by atoms with van der Waals surface area (Å²) in [5.41, 5.74) is 2.22. The molecule has 1 aromatic heterocycles. The number of ether oxygens (including phenoxy) is 3. The minimum atomic E-state index is -0.396. The fraction of sp³-hybridized carbons (Fsp3) is 0.241. The van der Waals surface area contributed by atoms with Gasteiger partial charge in [-0.1, -0.05) is 24.3 Å². The van der Waals surface area contributed by atoms with Crippen LogP contribution < -0.4 is 24.4 Å². The van der Waals surface area contributed by atoms with Crippen LogP contribution in [0.5, 0.6) is 17.2 Å². The second-order valence-electron chi connectivity index (χ2n) is 8.78. The highest BCUT2D eigenvalue weighted by atomic mass is 16.5. The Labute approximate surface area is 220 Å². The number of para-hydroxylation sites is 3. The van der Waals surface area contributed by atoms with Crippen molar-refractivity contribution in [2.24, 2.45) is 0 Å². The van der Waals surface area contributed by atoms with E-state index in [4.69, 9.17) is 18.6 Å². The molecule has 2 heterocycles. The third-order valence-corrected chi connectivity index (χ3v) is 6.67. The molecule has 196 valence electrons. The first-order valence-corrected chi connectivity index (χ1v) is 12.3. The third-order valence-electron chi connectivity index (χ3n) is 6.67. The van der Waals surface area contributed by atoms with Gasteiger partial charge in [0.05, 0.1) is 27.0 Å². The van der Waals surface area contributed by atoms with Gasteiger partial charge in [0.25, 0.3) is 11.8 Å². The van der Waals surface area contributed by atoms with Crippen LogP contribution in [-0.2, 0) is 0 Å². The molecule has 9 heteroatoms. The number of amides is 2. The van der Waals surface area contributed by atoms with Crippen LogP contribution in [0.1, 0.15) is 20.9 Å². The average Bonchev–Trinajstić information content (AvgIpc) is 3.34. The number of hydrogen-bond donors (Lipinski definition) is 1. The van der Waals surface area contributed by atoms with Crippen LogP contribution in [0, 0.1) is 0 Å². The molecule has 3 aromatic carbocycles. The second kappa shape index (κ2) is 10.8. The number of furan rings is 1. The topological polar surface area (TPSA) is 93.5 Å². The lowest BCUT2D eigenvalue weighted by molar-refractivity contribution is 0.0718. The van der Waals surface area contributed by atoms with Crippen LogP contribution >= 0.6 is 0 Å². The monoisotopic (exact) mass is 515 g/mol. The molecule has 0 radical (unpaired) electrons. The largest absolute Gasteiger partial charge is 0.495 e. The van der Waals surface area contributed by atoms with E-state index in [0.717, 1.165) is 11.4 Å². The molecule has 0 spiro atoms. The highest BCUT2D eigenvalue weighted by molar-refractivity contribution is 6.14. The number of hydrogen-bond acceptors (Lipinski definition) is 7. The highest BCUT2D eigenvalue weighted by Crippen LogP contribution is 2.34. The average molecular weight is 516 g/mol. The molecule has 9 nitrogen and oxygen atoms in total. The molecule has 0 bridgehead atoms. The van der Waals surface area contributed by atoms with Crippen LogP contribution in [0.25, 0.3) is 11.0 Å². The molecule has 2 amide bonds. The number of methoxy groups -OCH3 is 3. The summed E-state index contributed by atoms with van der Waals surface area (Å²) in [4.78, 5) is 30.8. The van der Waals surface area contributed by atoms with E-state index in [1.54, 1.807) is 36.3 Å². The van der Waals surface area contributed by atoms with Crippen LogP contribution in [0.3, 0.4) is 0 Å². The summed E-state index contributed by atoms with van der Waals surface area (Å²) >= 11 is 0. The van der Waals surface area contributed by atoms with Crippen LogP contribution in [0.2, 0.25) is 0 Å². The standard InChI is InChI=1S/C29H29N3O6/c1-35-23-11-7-5-9-21(23)31-14-16-32(17-15-31)29(34)27-26(20-8-4-6-10-22(20)38-27)30-28(33)19-12-13-24(36-2)25(18-19)37-3/h4-13,18H,14-17H2,1-3H3,(H,30,33). The fourth-order valence-electron chi connectivity index (χ4n) is 4.67. The van der Waals surface area contributed by atoms with Crippen molar-refractivity contribution in [3.8, 4) is 17.2 Å². The maximum atomic E-state index is 13.7. The Balaban J connectivity index is 1.39. The molecule has 1 aliphatic rings. The maximum Gasteiger partial charge on any atom is 0.291 e. The van der Waals surface area contributed by atoms with Crippen LogP contribution in [-0.4, -0.2) is 64.2 Å². The number of nitrogens with one attached hydrogen (secondary N) is 1. The predicted octanol–water partition coefficient (Wildman–Crippen LogP) is 4.67. The molecular weight excluding hydrogens is 486 g/mol. The van der Waals surface area contributed by atoms with Gasteiger partial charge in [-0.3, -0.25) is 9.59 Å². The first-order chi connectivity index (χ1) is 18.5. The maximum absolute atomic E-state index is 13.7. The molecule has 0 saturated carbocycles. The quantitative estimate of drug-likeness (QED) is 0.382. The zero-order valence-electron chi connectivity index (χ0n) is 21.5. The van der Waals surface area contributed by atoms with Crippen molar-refractivity contribution in [2.75, 3.05) is 57.7 Å². The van der Waals surface area contributed by atoms with Crippen molar-refractivity contribution < 1.29 is 28.2 Å². The summed E-state index contributed by atoms with van der Waals surface area (Å²) in [7, 11) is 4.69. The number of anilines is 2. The number of fused-ring (bicyclic) bond motifs is 1. The number of piperazine rings is 1. The lowest BCUT2D eigenvalue weighted by Crippen LogP contribution is -2.49. The third kappa shape index (κ3) is 4.70. The smallest absolute Gasteiger partial charge is 0.291 e. The van der Waals surface area contributed by atoms with Crippen molar-refractivity contribution in [1.82, 2.24) is 4.90 Å². The van der Waals surface area contributed by atoms with E-state index in [-0.39, 0.29) is 11.7 Å². The Morgan fingerprint density at radius 3 is 2.21 bits per heavy atom. The molecule has 0 atom stereocenters. The van der Waals surface area contributed by atoms with E-state index >= 15 is 0 Å². The van der Waals surface area contributed by atoms with Crippen molar-refractivity contribution in [3.63, 3.8) is 0 Å². The van der Waals surface area contributed by atoms with Gasteiger partial charge in [-0.2, -0.15) is 0 Å². The number of carbonyl (C=O) groups is 2. The predicted molar refractivity (Wildman–Crippen MR) is 145 cm³/mol. The summed E-state index contributed by atoms with van der Waals surface area (Å²) in [6.07, 6.45) is 0. The van der Waals surface area contributed by atoms with Gasteiger partial charge >= 0.3 is 0 Å². The van der Waals surface area contributed by atoms with Crippen molar-refractivity contribution in [3.05, 3.63) is 78.1 Å². The van der Waals surface area contributed by atoms with Crippen LogP contribution in [0.15, 0.2) is 71.1 Å². The molecule has 1 N–H and O–H groups in total. The molecule has 4 aromatic rings. The molecule has 0 aliphatic carbocycles. The molecule has 1 fully saturated rings. The van der Waals surface area contributed by atoms with E-state index < -0.39 is 5.91 Å².